The van der Waals surface area contributed by atoms with E-state index >= 15 is 0 Å². The fourth-order valence-electron chi connectivity index (χ4n) is 4.68. The maximum absolute atomic E-state index is 13.5. The van der Waals surface area contributed by atoms with Gasteiger partial charge in [0.1, 0.15) is 5.75 Å². The van der Waals surface area contributed by atoms with E-state index in [1.807, 2.05) is 0 Å². The summed E-state index contributed by atoms with van der Waals surface area (Å²) in [7, 11) is 2.49. The minimum atomic E-state index is -5.05. The summed E-state index contributed by atoms with van der Waals surface area (Å²) in [6.45, 7) is 4.50. The number of benzene rings is 2. The second-order valence-electron chi connectivity index (χ2n) is 9.06. The van der Waals surface area contributed by atoms with E-state index in [9.17, 15) is 35.9 Å². The highest BCUT2D eigenvalue weighted by atomic mass is 19.4. The first kappa shape index (κ1) is 29.9. The van der Waals surface area contributed by atoms with Gasteiger partial charge < -0.3 is 14.2 Å². The van der Waals surface area contributed by atoms with Gasteiger partial charge in [0, 0.05) is 18.7 Å². The molecule has 0 aromatic heterocycles. The first-order valence-electron chi connectivity index (χ1n) is 11.9. The summed E-state index contributed by atoms with van der Waals surface area (Å²) in [6, 6.07) is 2.95. The molecule has 0 spiro atoms. The Balaban J connectivity index is 2.18. The van der Waals surface area contributed by atoms with Gasteiger partial charge in [-0.3, -0.25) is 9.80 Å². The van der Waals surface area contributed by atoms with Crippen LogP contribution in [0, 0.1) is 6.92 Å². The third-order valence-electron chi connectivity index (χ3n) is 6.42. The Morgan fingerprint density at radius 2 is 1.59 bits per heavy atom. The Morgan fingerprint density at radius 3 is 2.08 bits per heavy atom. The third kappa shape index (κ3) is 6.34. The summed E-state index contributed by atoms with van der Waals surface area (Å²) in [4.78, 5) is 28.2. The zero-order valence-electron chi connectivity index (χ0n) is 21.9. The maximum Gasteiger partial charge on any atom is 0.416 e. The number of rotatable bonds is 5. The van der Waals surface area contributed by atoms with Crippen molar-refractivity contribution >= 4 is 17.9 Å². The van der Waals surface area contributed by atoms with Crippen molar-refractivity contribution in [1.82, 2.24) is 4.90 Å². The van der Waals surface area contributed by atoms with Crippen LogP contribution in [0.25, 0.3) is 0 Å². The summed E-state index contributed by atoms with van der Waals surface area (Å²) in [5.74, 6) is 0.424. The summed E-state index contributed by atoms with van der Waals surface area (Å²) >= 11 is 0. The van der Waals surface area contributed by atoms with E-state index in [1.165, 1.54) is 12.0 Å². The first-order chi connectivity index (χ1) is 18.1. The predicted molar refractivity (Wildman–Crippen MR) is 128 cm³/mol. The number of carbonyl (C=O) groups is 2. The highest BCUT2D eigenvalue weighted by Gasteiger charge is 2.41. The number of anilines is 1. The number of halogens is 6. The van der Waals surface area contributed by atoms with E-state index in [1.54, 1.807) is 32.9 Å². The third-order valence-corrected chi connectivity index (χ3v) is 6.42. The van der Waals surface area contributed by atoms with E-state index in [-0.39, 0.29) is 19.1 Å². The Morgan fingerprint density at radius 1 is 1.00 bits per heavy atom. The van der Waals surface area contributed by atoms with Crippen LogP contribution in [0.2, 0.25) is 0 Å². The van der Waals surface area contributed by atoms with Crippen LogP contribution in [0.1, 0.15) is 54.1 Å². The molecule has 0 saturated heterocycles. The second-order valence-corrected chi connectivity index (χ2v) is 9.06. The van der Waals surface area contributed by atoms with Gasteiger partial charge in [0.15, 0.2) is 0 Å². The van der Waals surface area contributed by atoms with Crippen molar-refractivity contribution in [3.05, 3.63) is 58.1 Å². The monoisotopic (exact) mass is 562 g/mol. The normalized spacial score (nSPS) is 17.4. The zero-order chi connectivity index (χ0) is 29.3. The topological polar surface area (TPSA) is 68.3 Å². The van der Waals surface area contributed by atoms with Crippen LogP contribution in [-0.4, -0.2) is 44.0 Å². The molecule has 2 amide bonds. The lowest BCUT2D eigenvalue weighted by Gasteiger charge is -2.42. The van der Waals surface area contributed by atoms with Gasteiger partial charge >= 0.3 is 24.5 Å². The molecule has 39 heavy (non-hydrogen) atoms. The van der Waals surface area contributed by atoms with Gasteiger partial charge in [0.2, 0.25) is 0 Å². The van der Waals surface area contributed by atoms with Crippen LogP contribution < -0.4 is 9.64 Å². The van der Waals surface area contributed by atoms with Gasteiger partial charge in [-0.15, -0.1) is 0 Å². The van der Waals surface area contributed by atoms with Crippen molar-refractivity contribution in [2.75, 3.05) is 25.7 Å². The summed E-state index contributed by atoms with van der Waals surface area (Å²) < 4.78 is 96.3. The number of aryl methyl sites for hydroxylation is 1. The standard InChI is InChI=1S/C26H28F6N2O5/c1-6-39-24(36)34-15(3)8-20(19-7-14(2)22(37-4)12-21(19)34)33(23(35)38-5)13-16-9-17(25(27,28)29)11-18(10-16)26(30,31)32/h7,9-12,15,20H,6,8,13H2,1-5H3/t15-,20+/m1/s1. The molecule has 1 aliphatic heterocycles. The molecule has 0 unspecified atom stereocenters. The number of hydrogen-bond donors (Lipinski definition) is 0. The molecule has 0 saturated carbocycles. The molecule has 7 nitrogen and oxygen atoms in total. The fraction of sp³-hybridized carbons (Fsp3) is 0.462. The van der Waals surface area contributed by atoms with E-state index in [2.05, 4.69) is 0 Å². The molecule has 3 rings (SSSR count). The number of alkyl halides is 6. The molecule has 2 aromatic rings. The molecule has 1 aliphatic rings. The molecule has 1 heterocycles. The van der Waals surface area contributed by atoms with Crippen molar-refractivity contribution in [2.24, 2.45) is 0 Å². The van der Waals surface area contributed by atoms with Gasteiger partial charge in [-0.25, -0.2) is 9.59 Å². The maximum atomic E-state index is 13.5. The molecule has 13 heteroatoms. The Labute approximate surface area is 221 Å². The summed E-state index contributed by atoms with van der Waals surface area (Å²) in [5, 5.41) is 0. The van der Waals surface area contributed by atoms with E-state index in [4.69, 9.17) is 14.2 Å². The van der Waals surface area contributed by atoms with Gasteiger partial charge in [-0.05, 0) is 68.1 Å². The fourth-order valence-corrected chi connectivity index (χ4v) is 4.68. The summed E-state index contributed by atoms with van der Waals surface area (Å²) in [6.07, 6.45) is -11.6. The minimum absolute atomic E-state index is 0.0246. The molecule has 2 atom stereocenters. The Hall–Kier alpha value is -3.64. The molecule has 2 aromatic carbocycles. The zero-order valence-corrected chi connectivity index (χ0v) is 21.9. The molecule has 0 aliphatic carbocycles. The largest absolute Gasteiger partial charge is 0.496 e. The number of nitrogens with zero attached hydrogens (tertiary/aromatic N) is 2. The first-order valence-corrected chi connectivity index (χ1v) is 11.9. The van der Waals surface area contributed by atoms with Gasteiger partial charge in [-0.2, -0.15) is 26.3 Å². The number of amides is 2. The SMILES string of the molecule is CCOC(=O)N1c2cc(OC)c(C)cc2[C@@H](N(Cc2cc(C(F)(F)F)cc(C(F)(F)F)c2)C(=O)OC)C[C@H]1C. The van der Waals surface area contributed by atoms with E-state index < -0.39 is 59.9 Å². The van der Waals surface area contributed by atoms with Crippen LogP contribution in [-0.2, 0) is 28.4 Å². The molecule has 0 fully saturated rings. The van der Waals surface area contributed by atoms with Gasteiger partial charge in [-0.1, -0.05) is 0 Å². The quantitative estimate of drug-likeness (QED) is 0.364. The molecule has 0 N–H and O–H groups in total. The van der Waals surface area contributed by atoms with Gasteiger partial charge in [0.25, 0.3) is 0 Å². The van der Waals surface area contributed by atoms with Crippen molar-refractivity contribution < 1.29 is 50.1 Å². The molecular weight excluding hydrogens is 534 g/mol. The van der Waals surface area contributed by atoms with Crippen molar-refractivity contribution in [3.63, 3.8) is 0 Å². The van der Waals surface area contributed by atoms with Gasteiger partial charge in [0.05, 0.1) is 43.7 Å². The van der Waals surface area contributed by atoms with Crippen LogP contribution in [0.4, 0.5) is 41.6 Å². The lowest BCUT2D eigenvalue weighted by molar-refractivity contribution is -0.143. The summed E-state index contributed by atoms with van der Waals surface area (Å²) in [5.41, 5.74) is -2.01. The Kier molecular flexibility index (Phi) is 8.61. The van der Waals surface area contributed by atoms with Crippen LogP contribution >= 0.6 is 0 Å². The molecule has 0 radical (unpaired) electrons. The van der Waals surface area contributed by atoms with E-state index in [0.29, 0.717) is 34.7 Å². The number of fused-ring (bicyclic) bond motifs is 1. The molecule has 214 valence electrons. The highest BCUT2D eigenvalue weighted by Crippen LogP contribution is 2.45. The number of methoxy groups -OCH3 is 2. The predicted octanol–water partition coefficient (Wildman–Crippen LogP) is 7.11. The van der Waals surface area contributed by atoms with E-state index in [0.717, 1.165) is 12.0 Å². The minimum Gasteiger partial charge on any atom is -0.496 e. The lowest BCUT2D eigenvalue weighted by atomic mass is 9.89. The van der Waals surface area contributed by atoms with Crippen molar-refractivity contribution in [1.29, 1.82) is 0 Å². The lowest BCUT2D eigenvalue weighted by Crippen LogP contribution is -2.47. The number of carbonyl (C=O) groups excluding carboxylic acids is 2. The van der Waals surface area contributed by atoms with Crippen molar-refractivity contribution in [2.45, 2.75) is 58.2 Å². The van der Waals surface area contributed by atoms with Crippen LogP contribution in [0.5, 0.6) is 5.75 Å². The smallest absolute Gasteiger partial charge is 0.416 e. The Bertz CT molecular complexity index is 1200. The number of ether oxygens (including phenoxy) is 3. The second kappa shape index (κ2) is 11.2. The average Bonchev–Trinajstić information content (AvgIpc) is 2.85. The molecule has 0 bridgehead atoms. The number of hydrogen-bond acceptors (Lipinski definition) is 5. The van der Waals surface area contributed by atoms with Crippen LogP contribution in [0.3, 0.4) is 0 Å². The highest BCUT2D eigenvalue weighted by molar-refractivity contribution is 5.91. The van der Waals surface area contributed by atoms with Crippen LogP contribution in [0.15, 0.2) is 30.3 Å². The average molecular weight is 563 g/mol. The molecular formula is C26H28F6N2O5. The van der Waals surface area contributed by atoms with Crippen molar-refractivity contribution in [3.8, 4) is 5.75 Å².